The summed E-state index contributed by atoms with van der Waals surface area (Å²) in [6.45, 7) is 3.11. The van der Waals surface area contributed by atoms with Gasteiger partial charge in [-0.1, -0.05) is 17.7 Å². The van der Waals surface area contributed by atoms with Crippen LogP contribution in [0, 0.1) is 6.92 Å². The van der Waals surface area contributed by atoms with Crippen LogP contribution in [0.15, 0.2) is 42.7 Å². The Labute approximate surface area is 161 Å². The van der Waals surface area contributed by atoms with Crippen molar-refractivity contribution in [3.63, 3.8) is 0 Å². The van der Waals surface area contributed by atoms with Crippen LogP contribution in [0.25, 0.3) is 5.69 Å². The highest BCUT2D eigenvalue weighted by Crippen LogP contribution is 2.38. The van der Waals surface area contributed by atoms with Gasteiger partial charge < -0.3 is 24.0 Å². The summed E-state index contributed by atoms with van der Waals surface area (Å²) in [5, 5.41) is 10.2. The van der Waals surface area contributed by atoms with Crippen LogP contribution in [0.3, 0.4) is 0 Å². The van der Waals surface area contributed by atoms with E-state index in [4.69, 9.17) is 9.47 Å². The number of aryl methyl sites for hydroxylation is 1. The van der Waals surface area contributed by atoms with Crippen LogP contribution >= 0.6 is 0 Å². The van der Waals surface area contributed by atoms with Crippen molar-refractivity contribution in [1.82, 2.24) is 14.5 Å². The number of hydrogen-bond donors (Lipinski definition) is 1. The van der Waals surface area contributed by atoms with Crippen LogP contribution < -0.4 is 9.47 Å². The summed E-state index contributed by atoms with van der Waals surface area (Å²) >= 11 is 0. The molecule has 0 saturated heterocycles. The highest BCUT2D eigenvalue weighted by Gasteiger charge is 2.28. The van der Waals surface area contributed by atoms with Crippen molar-refractivity contribution in [2.45, 2.75) is 19.9 Å². The van der Waals surface area contributed by atoms with Gasteiger partial charge in [0.15, 0.2) is 11.5 Å². The molecule has 28 heavy (non-hydrogen) atoms. The largest absolute Gasteiger partial charge is 0.507 e. The molecule has 3 heterocycles. The van der Waals surface area contributed by atoms with E-state index < -0.39 is 0 Å². The molecule has 5 rings (SSSR count). The van der Waals surface area contributed by atoms with Crippen molar-refractivity contribution in [3.8, 4) is 22.9 Å². The highest BCUT2D eigenvalue weighted by atomic mass is 16.7. The fraction of sp³-hybridized carbons (Fsp3) is 0.238. The first-order valence-electron chi connectivity index (χ1n) is 9.14. The van der Waals surface area contributed by atoms with E-state index in [1.54, 1.807) is 17.3 Å². The topological polar surface area (TPSA) is 76.8 Å². The van der Waals surface area contributed by atoms with Crippen molar-refractivity contribution in [2.24, 2.45) is 0 Å². The number of amides is 1. The minimum absolute atomic E-state index is 0.0932. The van der Waals surface area contributed by atoms with Crippen LogP contribution in [-0.4, -0.2) is 38.8 Å². The number of carbonyl (C=O) groups excluding carboxylic acids is 1. The zero-order chi connectivity index (χ0) is 19.3. The molecule has 0 unspecified atom stereocenters. The SMILES string of the molecule is Cc1ccc(-n2cnc3c2CCN(C(=O)c2cc4c(cc2O)OCO4)C3)cc1. The van der Waals surface area contributed by atoms with Crippen LogP contribution in [0.5, 0.6) is 17.2 Å². The van der Waals surface area contributed by atoms with Gasteiger partial charge in [0, 0.05) is 36.5 Å². The fourth-order valence-electron chi connectivity index (χ4n) is 3.68. The number of phenolic OH excluding ortho intramolecular Hbond substituents is 1. The van der Waals surface area contributed by atoms with Gasteiger partial charge in [-0.15, -0.1) is 0 Å². The third-order valence-corrected chi connectivity index (χ3v) is 5.23. The first-order valence-corrected chi connectivity index (χ1v) is 9.14. The Bertz CT molecular complexity index is 1070. The summed E-state index contributed by atoms with van der Waals surface area (Å²) in [7, 11) is 0. The lowest BCUT2D eigenvalue weighted by molar-refractivity contribution is 0.0728. The number of aromatic nitrogens is 2. The quantitative estimate of drug-likeness (QED) is 0.743. The zero-order valence-corrected chi connectivity index (χ0v) is 15.4. The van der Waals surface area contributed by atoms with Crippen molar-refractivity contribution in [1.29, 1.82) is 0 Å². The van der Waals surface area contributed by atoms with E-state index in [1.807, 2.05) is 0 Å². The molecule has 0 atom stereocenters. The lowest BCUT2D eigenvalue weighted by Gasteiger charge is -2.27. The summed E-state index contributed by atoms with van der Waals surface area (Å²) < 4.78 is 12.6. The zero-order valence-electron chi connectivity index (χ0n) is 15.4. The second kappa shape index (κ2) is 6.30. The Balaban J connectivity index is 1.41. The Morgan fingerprint density at radius 1 is 1.14 bits per heavy atom. The number of fused-ring (bicyclic) bond motifs is 2. The van der Waals surface area contributed by atoms with Crippen LogP contribution in [-0.2, 0) is 13.0 Å². The second-order valence-corrected chi connectivity index (χ2v) is 7.04. The third kappa shape index (κ3) is 2.67. The Hall–Kier alpha value is -3.48. The van der Waals surface area contributed by atoms with Crippen LogP contribution in [0.2, 0.25) is 0 Å². The number of carbonyl (C=O) groups is 1. The Kier molecular flexibility index (Phi) is 3.75. The average Bonchev–Trinajstić information content (AvgIpc) is 3.33. The molecule has 0 radical (unpaired) electrons. The van der Waals surface area contributed by atoms with Gasteiger partial charge in [0.2, 0.25) is 6.79 Å². The molecule has 2 aromatic carbocycles. The van der Waals surface area contributed by atoms with Gasteiger partial charge in [0.25, 0.3) is 5.91 Å². The molecular weight excluding hydrogens is 358 g/mol. The highest BCUT2D eigenvalue weighted by molar-refractivity contribution is 5.97. The van der Waals surface area contributed by atoms with Gasteiger partial charge in [-0.25, -0.2) is 4.98 Å². The molecule has 142 valence electrons. The number of nitrogens with zero attached hydrogens (tertiary/aromatic N) is 3. The van der Waals surface area contributed by atoms with Gasteiger partial charge in [0.05, 0.1) is 24.1 Å². The number of benzene rings is 2. The predicted molar refractivity (Wildman–Crippen MR) is 101 cm³/mol. The van der Waals surface area contributed by atoms with Crippen LogP contribution in [0.4, 0.5) is 0 Å². The summed E-state index contributed by atoms with van der Waals surface area (Å²) in [5.41, 5.74) is 4.47. The minimum Gasteiger partial charge on any atom is -0.507 e. The van der Waals surface area contributed by atoms with Crippen LogP contribution in [0.1, 0.15) is 27.3 Å². The number of aromatic hydroxyl groups is 1. The predicted octanol–water partition coefficient (Wildman–Crippen LogP) is 2.81. The Morgan fingerprint density at radius 3 is 2.68 bits per heavy atom. The van der Waals surface area contributed by atoms with E-state index in [-0.39, 0.29) is 24.0 Å². The van der Waals surface area contributed by atoms with Crippen molar-refractivity contribution in [2.75, 3.05) is 13.3 Å². The van der Waals surface area contributed by atoms with Gasteiger partial charge in [-0.3, -0.25) is 4.79 Å². The number of rotatable bonds is 2. The molecule has 1 amide bonds. The summed E-state index contributed by atoms with van der Waals surface area (Å²) in [6.07, 6.45) is 2.50. The first-order chi connectivity index (χ1) is 13.6. The lowest BCUT2D eigenvalue weighted by atomic mass is 10.1. The molecule has 2 aliphatic heterocycles. The molecular formula is C21H19N3O4. The second-order valence-electron chi connectivity index (χ2n) is 7.04. The van der Waals surface area contributed by atoms with Gasteiger partial charge in [-0.05, 0) is 19.1 Å². The van der Waals surface area contributed by atoms with Crippen molar-refractivity contribution >= 4 is 5.91 Å². The van der Waals surface area contributed by atoms with Crippen molar-refractivity contribution < 1.29 is 19.4 Å². The number of hydrogen-bond acceptors (Lipinski definition) is 5. The molecule has 0 aliphatic carbocycles. The molecule has 1 aromatic heterocycles. The van der Waals surface area contributed by atoms with E-state index in [1.165, 1.54) is 11.6 Å². The fourth-order valence-corrected chi connectivity index (χ4v) is 3.68. The minimum atomic E-state index is -0.244. The van der Waals surface area contributed by atoms with E-state index in [0.717, 1.165) is 17.1 Å². The van der Waals surface area contributed by atoms with E-state index >= 15 is 0 Å². The first kappa shape index (κ1) is 16.7. The number of ether oxygens (including phenoxy) is 2. The molecule has 0 fully saturated rings. The Morgan fingerprint density at radius 2 is 1.89 bits per heavy atom. The maximum atomic E-state index is 13.0. The number of imidazole rings is 1. The molecule has 7 heteroatoms. The van der Waals surface area contributed by atoms with Gasteiger partial charge in [0.1, 0.15) is 5.75 Å². The average molecular weight is 377 g/mol. The third-order valence-electron chi connectivity index (χ3n) is 5.23. The van der Waals surface area contributed by atoms with E-state index in [0.29, 0.717) is 31.0 Å². The lowest BCUT2D eigenvalue weighted by Crippen LogP contribution is -2.36. The monoisotopic (exact) mass is 377 g/mol. The molecule has 2 aliphatic rings. The molecule has 0 bridgehead atoms. The standard InChI is InChI=1S/C21H19N3O4/c1-13-2-4-14(5-3-13)24-11-22-16-10-23(7-6-17(16)24)21(26)15-8-19-20(9-18(15)25)28-12-27-19/h2-5,8-9,11,25H,6-7,10,12H2,1H3. The van der Waals surface area contributed by atoms with E-state index in [2.05, 4.69) is 40.7 Å². The maximum absolute atomic E-state index is 13.0. The summed E-state index contributed by atoms with van der Waals surface area (Å²) in [4.78, 5) is 19.2. The molecule has 7 nitrogen and oxygen atoms in total. The normalized spacial score (nSPS) is 14.8. The number of phenols is 1. The molecule has 3 aromatic rings. The summed E-state index contributed by atoms with van der Waals surface area (Å²) in [5.74, 6) is 0.575. The maximum Gasteiger partial charge on any atom is 0.258 e. The molecule has 1 N–H and O–H groups in total. The van der Waals surface area contributed by atoms with E-state index in [9.17, 15) is 9.90 Å². The van der Waals surface area contributed by atoms with Crippen molar-refractivity contribution in [3.05, 3.63) is 65.2 Å². The molecule has 0 spiro atoms. The summed E-state index contributed by atoms with van der Waals surface area (Å²) in [6, 6.07) is 11.3. The smallest absolute Gasteiger partial charge is 0.258 e. The van der Waals surface area contributed by atoms with Gasteiger partial charge in [-0.2, -0.15) is 0 Å². The molecule has 0 saturated carbocycles. The van der Waals surface area contributed by atoms with Gasteiger partial charge >= 0.3 is 0 Å².